The summed E-state index contributed by atoms with van der Waals surface area (Å²) in [6.45, 7) is 9.74. The molecule has 0 aliphatic heterocycles. The van der Waals surface area contributed by atoms with E-state index < -0.39 is 14.0 Å². The molecule has 0 N–H and O–H groups in total. The van der Waals surface area contributed by atoms with Gasteiger partial charge in [0, 0.05) is 14.7 Å². The fourth-order valence-electron chi connectivity index (χ4n) is 1.10. The Hall–Kier alpha value is -1.28. The van der Waals surface area contributed by atoms with Gasteiger partial charge < -0.3 is 9.47 Å². The van der Waals surface area contributed by atoms with E-state index in [1.807, 2.05) is 0 Å². The first-order valence-corrected chi connectivity index (χ1v) is 9.66. The van der Waals surface area contributed by atoms with Gasteiger partial charge in [0.1, 0.15) is 0 Å². The Kier molecular flexibility index (Phi) is 5.42. The second-order valence-electron chi connectivity index (χ2n) is 5.05. The fourth-order valence-corrected chi connectivity index (χ4v) is 1.86. The Morgan fingerprint density at radius 2 is 2.11 bits per heavy atom. The molecule has 0 fully saturated rings. The van der Waals surface area contributed by atoms with Crippen molar-refractivity contribution in [3.8, 4) is 0 Å². The number of hydrogen-bond acceptors (Lipinski definition) is 6. The Balaban J connectivity index is 2.33. The third kappa shape index (κ3) is 5.37. The third-order valence-electron chi connectivity index (χ3n) is 2.11. The minimum atomic E-state index is -1.08. The molecular formula is C10H20N4O3Si. The molecule has 1 rings (SSSR count). The van der Waals surface area contributed by atoms with E-state index in [1.165, 1.54) is 4.80 Å². The summed E-state index contributed by atoms with van der Waals surface area (Å²) >= 11 is 0. The van der Waals surface area contributed by atoms with E-state index in [4.69, 9.17) is 9.47 Å². The molecule has 0 amide bonds. The zero-order chi connectivity index (χ0) is 13.6. The molecule has 8 heteroatoms. The number of carbonyl (C=O) groups is 1. The van der Waals surface area contributed by atoms with Gasteiger partial charge in [-0.3, -0.25) is 0 Å². The Bertz CT molecular complexity index is 389. The van der Waals surface area contributed by atoms with Crippen LogP contribution in [-0.2, 0) is 16.2 Å². The van der Waals surface area contributed by atoms with E-state index in [9.17, 15) is 4.79 Å². The summed E-state index contributed by atoms with van der Waals surface area (Å²) in [5, 5.41) is 11.2. The van der Waals surface area contributed by atoms with Gasteiger partial charge >= 0.3 is 5.97 Å². The molecule has 0 aliphatic rings. The monoisotopic (exact) mass is 272 g/mol. The number of rotatable bonds is 7. The molecule has 0 aromatic carbocycles. The number of esters is 1. The van der Waals surface area contributed by atoms with Crippen molar-refractivity contribution in [2.75, 3.05) is 13.2 Å². The van der Waals surface area contributed by atoms with Crippen LogP contribution in [0.15, 0.2) is 0 Å². The molecule has 0 aliphatic carbocycles. The van der Waals surface area contributed by atoms with Gasteiger partial charge in [-0.1, -0.05) is 19.6 Å². The summed E-state index contributed by atoms with van der Waals surface area (Å²) < 4.78 is 10.2. The van der Waals surface area contributed by atoms with E-state index in [2.05, 4.69) is 35.1 Å². The molecule has 0 saturated carbocycles. The predicted molar refractivity (Wildman–Crippen MR) is 67.9 cm³/mol. The summed E-state index contributed by atoms with van der Waals surface area (Å²) in [6, 6.07) is 1.08. The highest BCUT2D eigenvalue weighted by Crippen LogP contribution is 2.07. The molecular weight excluding hydrogens is 252 g/mol. The second kappa shape index (κ2) is 6.60. The lowest BCUT2D eigenvalue weighted by molar-refractivity contribution is 0.0504. The molecule has 18 heavy (non-hydrogen) atoms. The Labute approximate surface area is 107 Å². The Morgan fingerprint density at radius 1 is 1.39 bits per heavy atom. The smallest absolute Gasteiger partial charge is 0.380 e. The van der Waals surface area contributed by atoms with Crippen LogP contribution in [0.1, 0.15) is 17.5 Å². The van der Waals surface area contributed by atoms with Crippen LogP contribution in [0, 0.1) is 0 Å². The maximum absolute atomic E-state index is 11.3. The summed E-state index contributed by atoms with van der Waals surface area (Å²) in [5.74, 6) is -0.600. The quantitative estimate of drug-likeness (QED) is 0.421. The molecule has 1 aromatic rings. The zero-order valence-electron chi connectivity index (χ0n) is 11.3. The summed E-state index contributed by atoms with van der Waals surface area (Å²) in [7, 11) is -1.08. The largest absolute Gasteiger partial charge is 0.460 e. The number of ether oxygens (including phenoxy) is 2. The Morgan fingerprint density at radius 3 is 2.72 bits per heavy atom. The molecule has 7 nitrogen and oxygen atoms in total. The maximum atomic E-state index is 11.3. The van der Waals surface area contributed by atoms with Crippen LogP contribution in [-0.4, -0.2) is 47.5 Å². The molecule has 0 atom stereocenters. The van der Waals surface area contributed by atoms with E-state index in [0.717, 1.165) is 6.04 Å². The molecule has 0 saturated heterocycles. The van der Waals surface area contributed by atoms with Crippen LogP contribution in [0.2, 0.25) is 25.7 Å². The van der Waals surface area contributed by atoms with Gasteiger partial charge in [0.05, 0.1) is 6.61 Å². The number of nitrogens with zero attached hydrogens (tertiary/aromatic N) is 4. The highest BCUT2D eigenvalue weighted by Gasteiger charge is 2.14. The topological polar surface area (TPSA) is 79.1 Å². The van der Waals surface area contributed by atoms with Gasteiger partial charge in [-0.2, -0.15) is 0 Å². The van der Waals surface area contributed by atoms with Crippen LogP contribution in [0.4, 0.5) is 0 Å². The standard InChI is InChI=1S/C10H20N4O3Si/c1-5-17-10(15)9-11-13-14(12-9)8-16-6-7-18(2,3)4/h5-8H2,1-4H3. The summed E-state index contributed by atoms with van der Waals surface area (Å²) in [6.07, 6.45) is 0. The van der Waals surface area contributed by atoms with E-state index in [-0.39, 0.29) is 12.6 Å². The first-order valence-electron chi connectivity index (χ1n) is 5.95. The van der Waals surface area contributed by atoms with Crippen LogP contribution in [0.25, 0.3) is 0 Å². The van der Waals surface area contributed by atoms with Crippen molar-refractivity contribution in [1.29, 1.82) is 0 Å². The van der Waals surface area contributed by atoms with Gasteiger partial charge in [-0.15, -0.1) is 15.0 Å². The molecule has 102 valence electrons. The normalized spacial score (nSPS) is 11.6. The lowest BCUT2D eigenvalue weighted by atomic mass is 10.6. The molecule has 1 aromatic heterocycles. The van der Waals surface area contributed by atoms with E-state index in [0.29, 0.717) is 13.2 Å². The molecule has 0 bridgehead atoms. The predicted octanol–water partition coefficient (Wildman–Crippen LogP) is 1.16. The number of tetrazole rings is 1. The average molecular weight is 272 g/mol. The first kappa shape index (κ1) is 14.8. The minimum absolute atomic E-state index is 0.0364. The van der Waals surface area contributed by atoms with Gasteiger partial charge in [0.25, 0.3) is 5.82 Å². The van der Waals surface area contributed by atoms with Crippen molar-refractivity contribution >= 4 is 14.0 Å². The highest BCUT2D eigenvalue weighted by molar-refractivity contribution is 6.76. The van der Waals surface area contributed by atoms with E-state index in [1.54, 1.807) is 6.92 Å². The SMILES string of the molecule is CCOC(=O)c1nnn(COCC[Si](C)(C)C)n1. The average Bonchev–Trinajstić information content (AvgIpc) is 2.72. The fraction of sp³-hybridized carbons (Fsp3) is 0.800. The lowest BCUT2D eigenvalue weighted by Crippen LogP contribution is -2.22. The first-order chi connectivity index (χ1) is 8.42. The van der Waals surface area contributed by atoms with Crippen LogP contribution in [0.3, 0.4) is 0 Å². The zero-order valence-corrected chi connectivity index (χ0v) is 12.3. The minimum Gasteiger partial charge on any atom is -0.460 e. The van der Waals surface area contributed by atoms with Crippen molar-refractivity contribution in [2.24, 2.45) is 0 Å². The van der Waals surface area contributed by atoms with Crippen molar-refractivity contribution in [3.05, 3.63) is 5.82 Å². The molecule has 1 heterocycles. The molecule has 0 spiro atoms. The summed E-state index contributed by atoms with van der Waals surface area (Å²) in [5.41, 5.74) is 0. The number of hydrogen-bond donors (Lipinski definition) is 0. The number of carbonyl (C=O) groups excluding carboxylic acids is 1. The van der Waals surface area contributed by atoms with Gasteiger partial charge in [0.2, 0.25) is 0 Å². The lowest BCUT2D eigenvalue weighted by Gasteiger charge is -2.14. The van der Waals surface area contributed by atoms with E-state index >= 15 is 0 Å². The molecule has 0 radical (unpaired) electrons. The van der Waals surface area contributed by atoms with Crippen molar-refractivity contribution < 1.29 is 14.3 Å². The van der Waals surface area contributed by atoms with Crippen molar-refractivity contribution in [2.45, 2.75) is 39.3 Å². The van der Waals surface area contributed by atoms with Crippen LogP contribution < -0.4 is 0 Å². The summed E-state index contributed by atoms with van der Waals surface area (Å²) in [4.78, 5) is 12.5. The second-order valence-corrected chi connectivity index (χ2v) is 10.7. The van der Waals surface area contributed by atoms with Crippen LogP contribution in [0.5, 0.6) is 0 Å². The van der Waals surface area contributed by atoms with Gasteiger partial charge in [0.15, 0.2) is 6.73 Å². The van der Waals surface area contributed by atoms with Gasteiger partial charge in [-0.05, 0) is 18.2 Å². The van der Waals surface area contributed by atoms with Gasteiger partial charge in [-0.25, -0.2) is 4.79 Å². The van der Waals surface area contributed by atoms with Crippen molar-refractivity contribution in [1.82, 2.24) is 20.2 Å². The third-order valence-corrected chi connectivity index (χ3v) is 3.82. The maximum Gasteiger partial charge on any atom is 0.380 e. The van der Waals surface area contributed by atoms with Crippen molar-refractivity contribution in [3.63, 3.8) is 0 Å². The molecule has 0 unspecified atom stereocenters. The highest BCUT2D eigenvalue weighted by atomic mass is 28.3. The number of aromatic nitrogens is 4. The van der Waals surface area contributed by atoms with Crippen LogP contribution >= 0.6 is 0 Å².